The minimum atomic E-state index is -0.0394. The van der Waals surface area contributed by atoms with Gasteiger partial charge in [0, 0.05) is 11.8 Å². The first-order valence-corrected chi connectivity index (χ1v) is 2.88. The summed E-state index contributed by atoms with van der Waals surface area (Å²) < 4.78 is 0. The minimum absolute atomic E-state index is 0.0394. The zero-order valence-corrected chi connectivity index (χ0v) is 4.89. The highest BCUT2D eigenvalue weighted by Crippen LogP contribution is 2.12. The van der Waals surface area contributed by atoms with Crippen molar-refractivity contribution in [3.8, 4) is 0 Å². The maximum Gasteiger partial charge on any atom is 0.0984 e. The van der Waals surface area contributed by atoms with Crippen molar-refractivity contribution in [2.75, 3.05) is 6.54 Å². The van der Waals surface area contributed by atoms with Gasteiger partial charge in [0.2, 0.25) is 0 Å². The molecule has 0 aliphatic carbocycles. The van der Waals surface area contributed by atoms with E-state index < -0.39 is 0 Å². The number of nitrogens with one attached hydrogen (secondary N) is 2. The zero-order valence-electron chi connectivity index (χ0n) is 4.89. The van der Waals surface area contributed by atoms with Crippen LogP contribution in [0.3, 0.4) is 0 Å². The van der Waals surface area contributed by atoms with Crippen LogP contribution in [-0.4, -0.2) is 18.9 Å². The lowest BCUT2D eigenvalue weighted by Crippen LogP contribution is -2.40. The van der Waals surface area contributed by atoms with Gasteiger partial charge in [-0.2, -0.15) is 0 Å². The Morgan fingerprint density at radius 3 is 3.44 bits per heavy atom. The molecule has 0 fully saturated rings. The van der Waals surface area contributed by atoms with E-state index in [4.69, 9.17) is 5.73 Å². The van der Waals surface area contributed by atoms with Gasteiger partial charge < -0.3 is 11.2 Å². The number of hydrogen-bond acceptors (Lipinski definition) is 4. The maximum atomic E-state index is 5.61. The molecule has 9 heavy (non-hydrogen) atoms. The summed E-state index contributed by atoms with van der Waals surface area (Å²) in [6, 6.07) is 0. The molecule has 1 atom stereocenters. The van der Waals surface area contributed by atoms with Gasteiger partial charge in [-0.3, -0.25) is 4.99 Å². The van der Waals surface area contributed by atoms with E-state index in [-0.39, 0.29) is 6.17 Å². The van der Waals surface area contributed by atoms with E-state index in [1.807, 2.05) is 0 Å². The Hall–Kier alpha value is -0.870. The number of nitrogens with two attached hydrogens (primary N) is 1. The molecule has 48 valence electrons. The Labute approximate surface area is 52.8 Å². The quantitative estimate of drug-likeness (QED) is 0.377. The SMILES string of the molecule is NC1NNC2=C1CN=C2. The Kier molecular flexibility index (Phi) is 0.856. The highest BCUT2D eigenvalue weighted by molar-refractivity contribution is 5.82. The van der Waals surface area contributed by atoms with E-state index in [9.17, 15) is 0 Å². The third-order valence-electron chi connectivity index (χ3n) is 1.57. The van der Waals surface area contributed by atoms with Gasteiger partial charge in [0.1, 0.15) is 0 Å². The molecule has 0 saturated heterocycles. The second kappa shape index (κ2) is 1.55. The predicted octanol–water partition coefficient (Wildman–Crippen LogP) is -1.28. The van der Waals surface area contributed by atoms with Crippen molar-refractivity contribution >= 4 is 6.21 Å². The van der Waals surface area contributed by atoms with Crippen molar-refractivity contribution in [3.63, 3.8) is 0 Å². The third-order valence-corrected chi connectivity index (χ3v) is 1.57. The number of rotatable bonds is 0. The molecule has 0 radical (unpaired) electrons. The van der Waals surface area contributed by atoms with Crippen molar-refractivity contribution in [2.45, 2.75) is 6.17 Å². The first kappa shape index (κ1) is 4.96. The number of allylic oxidation sites excluding steroid dienone is 1. The van der Waals surface area contributed by atoms with Crippen molar-refractivity contribution < 1.29 is 0 Å². The molecule has 0 aromatic carbocycles. The lowest BCUT2D eigenvalue weighted by Gasteiger charge is -2.04. The van der Waals surface area contributed by atoms with Gasteiger partial charge in [-0.1, -0.05) is 0 Å². The van der Waals surface area contributed by atoms with Crippen LogP contribution in [0, 0.1) is 0 Å². The Bertz CT molecular complexity index is 193. The normalized spacial score (nSPS) is 31.0. The van der Waals surface area contributed by atoms with E-state index in [0.717, 1.165) is 17.8 Å². The van der Waals surface area contributed by atoms with E-state index in [2.05, 4.69) is 15.8 Å². The first-order valence-electron chi connectivity index (χ1n) is 2.88. The topological polar surface area (TPSA) is 62.4 Å². The smallest absolute Gasteiger partial charge is 0.0984 e. The molecule has 0 saturated carbocycles. The van der Waals surface area contributed by atoms with Crippen LogP contribution in [-0.2, 0) is 0 Å². The fourth-order valence-corrected chi connectivity index (χ4v) is 1.02. The third kappa shape index (κ3) is 0.571. The molecule has 2 heterocycles. The molecule has 0 bridgehead atoms. The molecule has 1 unspecified atom stereocenters. The Morgan fingerprint density at radius 1 is 1.78 bits per heavy atom. The van der Waals surface area contributed by atoms with Gasteiger partial charge in [0.05, 0.1) is 18.4 Å². The van der Waals surface area contributed by atoms with Crippen molar-refractivity contribution in [1.29, 1.82) is 0 Å². The summed E-state index contributed by atoms with van der Waals surface area (Å²) >= 11 is 0. The van der Waals surface area contributed by atoms with Crippen molar-refractivity contribution in [1.82, 2.24) is 10.9 Å². The summed E-state index contributed by atoms with van der Waals surface area (Å²) in [5.41, 5.74) is 13.6. The van der Waals surface area contributed by atoms with Gasteiger partial charge in [-0.05, 0) is 0 Å². The van der Waals surface area contributed by atoms with Crippen LogP contribution in [0.25, 0.3) is 0 Å². The molecule has 0 spiro atoms. The molecule has 2 aliphatic rings. The highest BCUT2D eigenvalue weighted by atomic mass is 15.4. The average molecular weight is 124 g/mol. The molecule has 4 heteroatoms. The largest absolute Gasteiger partial charge is 0.318 e. The molecule has 0 aromatic heterocycles. The van der Waals surface area contributed by atoms with Crippen LogP contribution in [0.5, 0.6) is 0 Å². The first-order chi connectivity index (χ1) is 4.38. The van der Waals surface area contributed by atoms with Crippen LogP contribution in [0.2, 0.25) is 0 Å². The second-order valence-corrected chi connectivity index (χ2v) is 2.16. The molecular weight excluding hydrogens is 116 g/mol. The summed E-state index contributed by atoms with van der Waals surface area (Å²) in [6.07, 6.45) is 1.76. The number of hydrogen-bond donors (Lipinski definition) is 3. The number of aliphatic imine (C=N–C) groups is 1. The van der Waals surface area contributed by atoms with Gasteiger partial charge in [-0.25, -0.2) is 5.43 Å². The number of hydrazine groups is 1. The van der Waals surface area contributed by atoms with Crippen molar-refractivity contribution in [2.24, 2.45) is 10.7 Å². The van der Waals surface area contributed by atoms with Crippen LogP contribution < -0.4 is 16.6 Å². The highest BCUT2D eigenvalue weighted by Gasteiger charge is 2.22. The molecule has 0 aromatic rings. The summed E-state index contributed by atoms with van der Waals surface area (Å²) in [4.78, 5) is 4.04. The van der Waals surface area contributed by atoms with E-state index >= 15 is 0 Å². The monoisotopic (exact) mass is 124 g/mol. The lowest BCUT2D eigenvalue weighted by molar-refractivity contribution is 0.579. The summed E-state index contributed by atoms with van der Waals surface area (Å²) in [5, 5.41) is 0. The van der Waals surface area contributed by atoms with Crippen LogP contribution in [0.1, 0.15) is 0 Å². The Morgan fingerprint density at radius 2 is 2.67 bits per heavy atom. The summed E-state index contributed by atoms with van der Waals surface area (Å²) in [5.74, 6) is 0. The predicted molar refractivity (Wildman–Crippen MR) is 34.6 cm³/mol. The average Bonchev–Trinajstić information content (AvgIpc) is 2.35. The second-order valence-electron chi connectivity index (χ2n) is 2.16. The lowest BCUT2D eigenvalue weighted by atomic mass is 10.2. The van der Waals surface area contributed by atoms with Crippen LogP contribution in [0.4, 0.5) is 0 Å². The van der Waals surface area contributed by atoms with Gasteiger partial charge in [-0.15, -0.1) is 0 Å². The van der Waals surface area contributed by atoms with Gasteiger partial charge in [0.25, 0.3) is 0 Å². The molecule has 2 aliphatic heterocycles. The summed E-state index contributed by atoms with van der Waals surface area (Å²) in [6.45, 7) is 0.747. The van der Waals surface area contributed by atoms with Crippen LogP contribution >= 0.6 is 0 Å². The van der Waals surface area contributed by atoms with Crippen molar-refractivity contribution in [3.05, 3.63) is 11.3 Å². The molecule has 2 rings (SSSR count). The van der Waals surface area contributed by atoms with E-state index in [1.165, 1.54) is 0 Å². The van der Waals surface area contributed by atoms with Crippen LogP contribution in [0.15, 0.2) is 16.3 Å². The maximum absolute atomic E-state index is 5.61. The number of nitrogens with zero attached hydrogens (tertiary/aromatic N) is 1. The fraction of sp³-hybridized carbons (Fsp3) is 0.400. The molecule has 4 nitrogen and oxygen atoms in total. The van der Waals surface area contributed by atoms with Gasteiger partial charge in [0.15, 0.2) is 0 Å². The summed E-state index contributed by atoms with van der Waals surface area (Å²) in [7, 11) is 0. The Balaban J connectivity index is 2.31. The standard InChI is InChI=1S/C5H8N4/c6-5-3-1-7-2-4(3)8-9-5/h2,5,8-9H,1,6H2. The van der Waals surface area contributed by atoms with Gasteiger partial charge >= 0.3 is 0 Å². The minimum Gasteiger partial charge on any atom is -0.318 e. The molecule has 0 amide bonds. The van der Waals surface area contributed by atoms with E-state index in [1.54, 1.807) is 6.21 Å². The zero-order chi connectivity index (χ0) is 6.27. The molecule has 4 N–H and O–H groups in total. The van der Waals surface area contributed by atoms with E-state index in [0.29, 0.717) is 0 Å². The fourth-order valence-electron chi connectivity index (χ4n) is 1.02. The molecular formula is C5H8N4.